The monoisotopic (exact) mass is 313 g/mol. The van der Waals surface area contributed by atoms with Crippen molar-refractivity contribution in [3.63, 3.8) is 0 Å². The Morgan fingerprint density at radius 3 is 2.29 bits per heavy atom. The van der Waals surface area contributed by atoms with Gasteiger partial charge >= 0.3 is 0 Å². The Morgan fingerprint density at radius 2 is 1.88 bits per heavy atom. The molecular formula is C13H16BrNOS. The van der Waals surface area contributed by atoms with E-state index in [4.69, 9.17) is 0 Å². The number of hydrogen-bond donors (Lipinski definition) is 2. The zero-order chi connectivity index (χ0) is 12.7. The maximum Gasteiger partial charge on any atom is 0.128 e. The summed E-state index contributed by atoms with van der Waals surface area (Å²) in [5.41, 5.74) is 5.59. The van der Waals surface area contributed by atoms with E-state index in [1.807, 2.05) is 26.8 Å². The van der Waals surface area contributed by atoms with Crippen molar-refractivity contribution in [3.05, 3.63) is 42.8 Å². The van der Waals surface area contributed by atoms with Gasteiger partial charge in [-0.25, -0.2) is 0 Å². The molecule has 0 saturated carbocycles. The van der Waals surface area contributed by atoms with Crippen LogP contribution >= 0.6 is 27.3 Å². The van der Waals surface area contributed by atoms with Crippen molar-refractivity contribution in [1.29, 1.82) is 0 Å². The quantitative estimate of drug-likeness (QED) is 0.858. The number of rotatable bonds is 2. The average Bonchev–Trinajstić information content (AvgIpc) is 2.74. The number of thiophene rings is 1. The van der Waals surface area contributed by atoms with Gasteiger partial charge in [0.1, 0.15) is 6.10 Å². The molecule has 0 radical (unpaired) electrons. The first-order chi connectivity index (χ1) is 7.91. The predicted molar refractivity (Wildman–Crippen MR) is 75.8 cm³/mol. The summed E-state index contributed by atoms with van der Waals surface area (Å²) in [5, 5.41) is 10.4. The molecule has 2 aromatic rings. The standard InChI is InChI=1S/C13H16BrNOS/c1-6-5-10(17-13(6)14)12(16)11-8(3)7(2)9(4)15-11/h5,12,15-16H,1-4H3. The van der Waals surface area contributed by atoms with E-state index >= 15 is 0 Å². The van der Waals surface area contributed by atoms with E-state index < -0.39 is 6.10 Å². The molecule has 1 atom stereocenters. The molecule has 4 heteroatoms. The van der Waals surface area contributed by atoms with E-state index in [9.17, 15) is 5.11 Å². The van der Waals surface area contributed by atoms with E-state index in [2.05, 4.69) is 27.8 Å². The molecule has 2 aromatic heterocycles. The maximum absolute atomic E-state index is 10.4. The van der Waals surface area contributed by atoms with Gasteiger partial charge in [0.15, 0.2) is 0 Å². The summed E-state index contributed by atoms with van der Waals surface area (Å²) < 4.78 is 1.09. The van der Waals surface area contributed by atoms with Crippen molar-refractivity contribution in [2.24, 2.45) is 0 Å². The molecule has 17 heavy (non-hydrogen) atoms. The fourth-order valence-corrected chi connectivity index (χ4v) is 3.47. The highest BCUT2D eigenvalue weighted by Crippen LogP contribution is 2.35. The van der Waals surface area contributed by atoms with Crippen molar-refractivity contribution in [2.75, 3.05) is 0 Å². The van der Waals surface area contributed by atoms with Crippen LogP contribution in [0.1, 0.15) is 39.1 Å². The number of hydrogen-bond acceptors (Lipinski definition) is 2. The van der Waals surface area contributed by atoms with Gasteiger partial charge in [-0.1, -0.05) is 0 Å². The molecule has 0 spiro atoms. The highest BCUT2D eigenvalue weighted by Gasteiger charge is 2.19. The van der Waals surface area contributed by atoms with Gasteiger partial charge in [-0.15, -0.1) is 11.3 Å². The van der Waals surface area contributed by atoms with Gasteiger partial charge < -0.3 is 10.1 Å². The third-order valence-electron chi connectivity index (χ3n) is 3.27. The Balaban J connectivity index is 2.43. The normalized spacial score (nSPS) is 13.1. The number of aliphatic hydroxyl groups excluding tert-OH is 1. The Bertz CT molecular complexity index is 537. The maximum atomic E-state index is 10.4. The zero-order valence-corrected chi connectivity index (χ0v) is 12.8. The first kappa shape index (κ1) is 12.9. The third kappa shape index (κ3) is 2.21. The first-order valence-corrected chi connectivity index (χ1v) is 7.12. The average molecular weight is 314 g/mol. The summed E-state index contributed by atoms with van der Waals surface area (Å²) >= 11 is 5.08. The predicted octanol–water partition coefficient (Wildman–Crippen LogP) is 4.15. The fraction of sp³-hybridized carbons (Fsp3) is 0.385. The molecule has 0 aromatic carbocycles. The summed E-state index contributed by atoms with van der Waals surface area (Å²) in [7, 11) is 0. The van der Waals surface area contributed by atoms with Crippen LogP contribution in [0.15, 0.2) is 9.85 Å². The van der Waals surface area contributed by atoms with Gasteiger partial charge in [-0.3, -0.25) is 0 Å². The van der Waals surface area contributed by atoms with Crippen LogP contribution in [0.25, 0.3) is 0 Å². The topological polar surface area (TPSA) is 36.0 Å². The molecule has 2 nitrogen and oxygen atoms in total. The van der Waals surface area contributed by atoms with Crippen LogP contribution < -0.4 is 0 Å². The van der Waals surface area contributed by atoms with Crippen LogP contribution in [0.3, 0.4) is 0 Å². The molecule has 0 bridgehead atoms. The van der Waals surface area contributed by atoms with Gasteiger partial charge in [-0.05, 0) is 66.4 Å². The molecular weight excluding hydrogens is 298 g/mol. The van der Waals surface area contributed by atoms with Gasteiger partial charge in [0.05, 0.1) is 9.48 Å². The van der Waals surface area contributed by atoms with Gasteiger partial charge in [0.2, 0.25) is 0 Å². The van der Waals surface area contributed by atoms with Crippen LogP contribution in [0, 0.1) is 27.7 Å². The van der Waals surface area contributed by atoms with Crippen molar-refractivity contribution in [1.82, 2.24) is 4.98 Å². The van der Waals surface area contributed by atoms with E-state index in [1.165, 1.54) is 11.1 Å². The van der Waals surface area contributed by atoms with Crippen LogP contribution in [-0.2, 0) is 0 Å². The minimum Gasteiger partial charge on any atom is -0.381 e. The number of halogens is 1. The molecule has 2 heterocycles. The lowest BCUT2D eigenvalue weighted by atomic mass is 10.1. The van der Waals surface area contributed by atoms with Gasteiger partial charge in [-0.2, -0.15) is 0 Å². The van der Waals surface area contributed by atoms with Gasteiger partial charge in [0.25, 0.3) is 0 Å². The molecule has 0 saturated heterocycles. The molecule has 2 N–H and O–H groups in total. The number of aryl methyl sites for hydroxylation is 2. The fourth-order valence-electron chi connectivity index (χ4n) is 1.91. The van der Waals surface area contributed by atoms with Crippen molar-refractivity contribution in [2.45, 2.75) is 33.8 Å². The second-order valence-electron chi connectivity index (χ2n) is 4.42. The van der Waals surface area contributed by atoms with Crippen LogP contribution in [0.4, 0.5) is 0 Å². The lowest BCUT2D eigenvalue weighted by Gasteiger charge is -2.08. The minimum absolute atomic E-state index is 0.558. The molecule has 0 aliphatic carbocycles. The first-order valence-electron chi connectivity index (χ1n) is 5.51. The van der Waals surface area contributed by atoms with Gasteiger partial charge in [0, 0.05) is 10.6 Å². The lowest BCUT2D eigenvalue weighted by molar-refractivity contribution is 0.219. The number of aromatic nitrogens is 1. The van der Waals surface area contributed by atoms with E-state index in [0.29, 0.717) is 0 Å². The summed E-state index contributed by atoms with van der Waals surface area (Å²) in [6.45, 7) is 8.20. The van der Waals surface area contributed by atoms with Crippen molar-refractivity contribution in [3.8, 4) is 0 Å². The Kier molecular flexibility index (Phi) is 3.48. The SMILES string of the molecule is Cc1cc(C(O)c2[nH]c(C)c(C)c2C)sc1Br. The number of H-pyrrole nitrogens is 1. The summed E-state index contributed by atoms with van der Waals surface area (Å²) in [4.78, 5) is 4.25. The molecule has 0 fully saturated rings. The summed E-state index contributed by atoms with van der Waals surface area (Å²) in [6, 6.07) is 2.03. The molecule has 2 rings (SSSR count). The van der Waals surface area contributed by atoms with Crippen LogP contribution in [-0.4, -0.2) is 10.1 Å². The minimum atomic E-state index is -0.558. The Hall–Kier alpha value is -0.580. The molecule has 0 amide bonds. The molecule has 0 aliphatic rings. The van der Waals surface area contributed by atoms with Crippen molar-refractivity contribution >= 4 is 27.3 Å². The number of aliphatic hydroxyl groups is 1. The molecule has 1 unspecified atom stereocenters. The van der Waals surface area contributed by atoms with Crippen LogP contribution in [0.2, 0.25) is 0 Å². The van der Waals surface area contributed by atoms with Crippen LogP contribution in [0.5, 0.6) is 0 Å². The van der Waals surface area contributed by atoms with Crippen molar-refractivity contribution < 1.29 is 5.11 Å². The zero-order valence-electron chi connectivity index (χ0n) is 10.4. The largest absolute Gasteiger partial charge is 0.381 e. The number of aromatic amines is 1. The Morgan fingerprint density at radius 1 is 1.24 bits per heavy atom. The Labute approximate surface area is 114 Å². The second kappa shape index (κ2) is 4.59. The smallest absolute Gasteiger partial charge is 0.128 e. The third-order valence-corrected chi connectivity index (χ3v) is 5.46. The second-order valence-corrected chi connectivity index (χ2v) is 6.82. The lowest BCUT2D eigenvalue weighted by Crippen LogP contribution is -1.99. The summed E-state index contributed by atoms with van der Waals surface area (Å²) in [6.07, 6.45) is -0.558. The van der Waals surface area contributed by atoms with E-state index in [0.717, 1.165) is 25.6 Å². The van der Waals surface area contributed by atoms with E-state index in [-0.39, 0.29) is 0 Å². The highest BCUT2D eigenvalue weighted by atomic mass is 79.9. The number of nitrogens with one attached hydrogen (secondary N) is 1. The molecule has 0 aliphatic heterocycles. The molecule has 92 valence electrons. The highest BCUT2D eigenvalue weighted by molar-refractivity contribution is 9.11. The van der Waals surface area contributed by atoms with E-state index in [1.54, 1.807) is 11.3 Å². The summed E-state index contributed by atoms with van der Waals surface area (Å²) in [5.74, 6) is 0.